The van der Waals surface area contributed by atoms with E-state index in [1.807, 2.05) is 6.07 Å². The van der Waals surface area contributed by atoms with Crippen LogP contribution in [0.25, 0.3) is 0 Å². The Morgan fingerprint density at radius 1 is 1.43 bits per heavy atom. The van der Waals surface area contributed by atoms with E-state index in [9.17, 15) is 10.1 Å². The van der Waals surface area contributed by atoms with E-state index in [0.29, 0.717) is 19.0 Å². The second-order valence-corrected chi connectivity index (χ2v) is 5.45. The van der Waals surface area contributed by atoms with E-state index in [1.165, 1.54) is 34.6 Å². The summed E-state index contributed by atoms with van der Waals surface area (Å²) in [5.41, 5.74) is 9.55. The number of aryl methyl sites for hydroxylation is 2. The zero-order valence-corrected chi connectivity index (χ0v) is 12.6. The molecule has 3 rings (SSSR count). The summed E-state index contributed by atoms with van der Waals surface area (Å²) in [7, 11) is 0. The van der Waals surface area contributed by atoms with E-state index in [2.05, 4.69) is 27.5 Å². The molecule has 0 spiro atoms. The Kier molecular flexibility index (Phi) is 4.22. The van der Waals surface area contributed by atoms with Crippen molar-refractivity contribution in [2.24, 2.45) is 10.7 Å². The Hall–Kier alpha value is -2.90. The summed E-state index contributed by atoms with van der Waals surface area (Å²) >= 11 is 0. The third-order valence-corrected chi connectivity index (χ3v) is 3.81. The summed E-state index contributed by atoms with van der Waals surface area (Å²) in [6, 6.07) is 6.24. The fourth-order valence-electron chi connectivity index (χ4n) is 2.68. The molecule has 8 nitrogen and oxygen atoms in total. The van der Waals surface area contributed by atoms with Gasteiger partial charge in [0, 0.05) is 5.69 Å². The lowest BCUT2D eigenvalue weighted by Crippen LogP contribution is -2.23. The van der Waals surface area contributed by atoms with Crippen molar-refractivity contribution in [2.45, 2.75) is 25.8 Å². The van der Waals surface area contributed by atoms with Gasteiger partial charge in [0.1, 0.15) is 12.4 Å². The maximum absolute atomic E-state index is 10.6. The van der Waals surface area contributed by atoms with E-state index in [4.69, 9.17) is 5.73 Å². The predicted molar refractivity (Wildman–Crippen MR) is 87.5 cm³/mol. The van der Waals surface area contributed by atoms with Crippen LogP contribution in [0.5, 0.6) is 0 Å². The van der Waals surface area contributed by atoms with Crippen LogP contribution in [-0.2, 0) is 19.4 Å². The molecule has 120 valence electrons. The molecule has 0 saturated heterocycles. The summed E-state index contributed by atoms with van der Waals surface area (Å²) < 4.78 is 1.48. The fraction of sp³-hybridized carbons (Fsp3) is 0.333. The minimum absolute atomic E-state index is 0.0294. The van der Waals surface area contributed by atoms with Crippen molar-refractivity contribution in [1.82, 2.24) is 9.78 Å². The van der Waals surface area contributed by atoms with Crippen molar-refractivity contribution in [3.8, 4) is 0 Å². The largest absolute Gasteiger partial charge is 0.370 e. The Morgan fingerprint density at radius 2 is 2.26 bits per heavy atom. The molecule has 1 aromatic carbocycles. The number of hydrogen-bond donors (Lipinski definition) is 2. The number of aromatic nitrogens is 2. The van der Waals surface area contributed by atoms with Gasteiger partial charge in [0.25, 0.3) is 0 Å². The van der Waals surface area contributed by atoms with Gasteiger partial charge in [0.2, 0.25) is 0 Å². The van der Waals surface area contributed by atoms with E-state index in [0.717, 1.165) is 18.5 Å². The van der Waals surface area contributed by atoms with Crippen LogP contribution in [0.3, 0.4) is 0 Å². The van der Waals surface area contributed by atoms with Gasteiger partial charge in [-0.3, -0.25) is 19.8 Å². The summed E-state index contributed by atoms with van der Waals surface area (Å²) in [6.45, 7) is 0.822. The lowest BCUT2D eigenvalue weighted by molar-refractivity contribution is -0.385. The van der Waals surface area contributed by atoms with Gasteiger partial charge in [-0.15, -0.1) is 0 Å². The Balaban J connectivity index is 1.54. The average Bonchev–Trinajstić information content (AvgIpc) is 3.15. The smallest absolute Gasteiger partial charge is 0.306 e. The third kappa shape index (κ3) is 3.65. The first-order chi connectivity index (χ1) is 11.1. The van der Waals surface area contributed by atoms with Crippen LogP contribution in [0.2, 0.25) is 0 Å². The summed E-state index contributed by atoms with van der Waals surface area (Å²) in [6.07, 6.45) is 6.06. The first-order valence-electron chi connectivity index (χ1n) is 7.47. The summed E-state index contributed by atoms with van der Waals surface area (Å²) in [5.74, 6) is 0.324. The van der Waals surface area contributed by atoms with Gasteiger partial charge < -0.3 is 11.1 Å². The number of nitrogens with one attached hydrogen (secondary N) is 1. The first-order valence-corrected chi connectivity index (χ1v) is 7.47. The molecule has 0 unspecified atom stereocenters. The van der Waals surface area contributed by atoms with Crippen molar-refractivity contribution in [3.63, 3.8) is 0 Å². The van der Waals surface area contributed by atoms with Crippen LogP contribution in [0.15, 0.2) is 35.6 Å². The Bertz CT molecular complexity index is 752. The number of rotatable bonds is 5. The number of hydrogen-bond acceptors (Lipinski definition) is 4. The summed E-state index contributed by atoms with van der Waals surface area (Å²) in [5, 5.41) is 17.5. The van der Waals surface area contributed by atoms with Crippen LogP contribution >= 0.6 is 0 Å². The molecule has 0 saturated carbocycles. The second-order valence-electron chi connectivity index (χ2n) is 5.45. The van der Waals surface area contributed by atoms with E-state index < -0.39 is 4.92 Å². The van der Waals surface area contributed by atoms with Crippen molar-refractivity contribution in [2.75, 3.05) is 11.9 Å². The quantitative estimate of drug-likeness (QED) is 0.377. The molecule has 0 aliphatic heterocycles. The molecule has 2 aromatic rings. The van der Waals surface area contributed by atoms with E-state index in [-0.39, 0.29) is 5.69 Å². The highest BCUT2D eigenvalue weighted by atomic mass is 16.6. The lowest BCUT2D eigenvalue weighted by atomic mass is 10.1. The maximum atomic E-state index is 10.6. The molecular formula is C15H18N6O2. The van der Waals surface area contributed by atoms with Crippen LogP contribution in [0, 0.1) is 10.1 Å². The molecule has 0 amide bonds. The van der Waals surface area contributed by atoms with E-state index in [1.54, 1.807) is 0 Å². The standard InChI is InChI=1S/C15H18N6O2/c16-15(17-6-7-20-10-14(9-18-20)21(22)23)19-13-5-4-11-2-1-3-12(11)8-13/h4-5,8-10H,1-3,6-7H2,(H3,16,17,19). The number of nitrogens with two attached hydrogens (primary N) is 1. The van der Waals surface area contributed by atoms with Crippen molar-refractivity contribution >= 4 is 17.3 Å². The molecule has 1 aromatic heterocycles. The molecule has 0 atom stereocenters. The molecular weight excluding hydrogens is 296 g/mol. The third-order valence-electron chi connectivity index (χ3n) is 3.81. The number of aliphatic imine (C=N–C) groups is 1. The molecule has 0 bridgehead atoms. The average molecular weight is 314 g/mol. The molecule has 23 heavy (non-hydrogen) atoms. The van der Waals surface area contributed by atoms with Crippen molar-refractivity contribution < 1.29 is 4.92 Å². The highest BCUT2D eigenvalue weighted by molar-refractivity contribution is 5.92. The zero-order valence-electron chi connectivity index (χ0n) is 12.6. The number of anilines is 1. The van der Waals surface area contributed by atoms with Crippen LogP contribution in [0.1, 0.15) is 17.5 Å². The molecule has 1 aliphatic rings. The molecule has 0 radical (unpaired) electrons. The van der Waals surface area contributed by atoms with Gasteiger partial charge in [0.15, 0.2) is 5.96 Å². The molecule has 1 aliphatic carbocycles. The Labute approximate surface area is 133 Å². The van der Waals surface area contributed by atoms with Crippen LogP contribution < -0.4 is 11.1 Å². The van der Waals surface area contributed by atoms with Crippen LogP contribution in [0.4, 0.5) is 11.4 Å². The topological polar surface area (TPSA) is 111 Å². The number of fused-ring (bicyclic) bond motifs is 1. The number of nitro groups is 1. The highest BCUT2D eigenvalue weighted by Crippen LogP contribution is 2.24. The van der Waals surface area contributed by atoms with Gasteiger partial charge in [-0.1, -0.05) is 6.07 Å². The fourth-order valence-corrected chi connectivity index (χ4v) is 2.68. The zero-order chi connectivity index (χ0) is 16.2. The molecule has 0 fully saturated rings. The van der Waals surface area contributed by atoms with Gasteiger partial charge in [-0.05, 0) is 42.5 Å². The van der Waals surface area contributed by atoms with E-state index >= 15 is 0 Å². The van der Waals surface area contributed by atoms with Crippen molar-refractivity contribution in [3.05, 3.63) is 51.8 Å². The SMILES string of the molecule is NC(=NCCn1cc([N+](=O)[O-])cn1)Nc1ccc2c(c1)CCC2. The van der Waals surface area contributed by atoms with Crippen molar-refractivity contribution in [1.29, 1.82) is 0 Å². The molecule has 1 heterocycles. The van der Waals surface area contributed by atoms with Crippen LogP contribution in [-0.4, -0.2) is 27.2 Å². The summed E-state index contributed by atoms with van der Waals surface area (Å²) in [4.78, 5) is 14.3. The molecule has 3 N–H and O–H groups in total. The number of benzene rings is 1. The molecule has 8 heteroatoms. The predicted octanol–water partition coefficient (Wildman–Crippen LogP) is 1.71. The highest BCUT2D eigenvalue weighted by Gasteiger charge is 2.11. The minimum Gasteiger partial charge on any atom is -0.370 e. The minimum atomic E-state index is -0.476. The number of nitrogens with zero attached hydrogens (tertiary/aromatic N) is 4. The number of guanidine groups is 1. The monoisotopic (exact) mass is 314 g/mol. The maximum Gasteiger partial charge on any atom is 0.306 e. The van der Waals surface area contributed by atoms with Gasteiger partial charge in [-0.25, -0.2) is 0 Å². The van der Waals surface area contributed by atoms with Gasteiger partial charge in [-0.2, -0.15) is 5.10 Å². The lowest BCUT2D eigenvalue weighted by Gasteiger charge is -2.08. The van der Waals surface area contributed by atoms with Gasteiger partial charge in [0.05, 0.1) is 18.0 Å². The second kappa shape index (κ2) is 6.47. The van der Waals surface area contributed by atoms with Gasteiger partial charge >= 0.3 is 5.69 Å². The Morgan fingerprint density at radius 3 is 3.04 bits per heavy atom. The normalized spacial score (nSPS) is 13.8. The first kappa shape index (κ1) is 15.0.